The summed E-state index contributed by atoms with van der Waals surface area (Å²) in [6.45, 7) is 0. The van der Waals surface area contributed by atoms with Crippen LogP contribution in [0.15, 0.2) is 18.2 Å². The Labute approximate surface area is 121 Å². The first kappa shape index (κ1) is 12.8. The van der Waals surface area contributed by atoms with Gasteiger partial charge >= 0.3 is 0 Å². The van der Waals surface area contributed by atoms with Gasteiger partial charge in [-0.15, -0.1) is 0 Å². The lowest BCUT2D eigenvalue weighted by molar-refractivity contribution is 0.527. The number of hydrogen-bond acceptors (Lipinski definition) is 3. The number of para-hydroxylation sites is 1. The van der Waals surface area contributed by atoms with Crippen molar-refractivity contribution in [1.29, 1.82) is 5.26 Å². The molecule has 2 unspecified atom stereocenters. The van der Waals surface area contributed by atoms with Crippen molar-refractivity contribution >= 4 is 35.0 Å². The van der Waals surface area contributed by atoms with Gasteiger partial charge in [-0.1, -0.05) is 6.07 Å². The molecule has 98 valence electrons. The van der Waals surface area contributed by atoms with Gasteiger partial charge in [0.2, 0.25) is 0 Å². The number of imidazole rings is 1. The highest BCUT2D eigenvalue weighted by molar-refractivity contribution is 7.99. The van der Waals surface area contributed by atoms with Gasteiger partial charge < -0.3 is 9.55 Å². The number of fused-ring (bicyclic) bond motifs is 1. The third kappa shape index (κ3) is 2.09. The Hall–Kier alpha value is -1.25. The first-order chi connectivity index (χ1) is 9.24. The van der Waals surface area contributed by atoms with Gasteiger partial charge in [-0.25, -0.2) is 0 Å². The van der Waals surface area contributed by atoms with Crippen LogP contribution in [-0.4, -0.2) is 21.1 Å². The summed E-state index contributed by atoms with van der Waals surface area (Å²) >= 11 is 7.41. The monoisotopic (exact) mass is 289 g/mol. The van der Waals surface area contributed by atoms with Gasteiger partial charge in [-0.2, -0.15) is 17.0 Å². The molecule has 3 rings (SSSR count). The number of nitrogens with one attached hydrogen (secondary N) is 1. The van der Waals surface area contributed by atoms with E-state index in [2.05, 4.69) is 27.9 Å². The maximum absolute atomic E-state index is 9.16. The van der Waals surface area contributed by atoms with E-state index in [0.29, 0.717) is 11.6 Å². The molecular formula is C14H15N3S2. The van der Waals surface area contributed by atoms with E-state index >= 15 is 0 Å². The molecule has 1 N–H and O–H groups in total. The number of aromatic nitrogens is 2. The molecule has 1 fully saturated rings. The number of rotatable bonds is 2. The maximum atomic E-state index is 9.16. The van der Waals surface area contributed by atoms with Gasteiger partial charge in [0, 0.05) is 11.3 Å². The predicted molar refractivity (Wildman–Crippen MR) is 82.0 cm³/mol. The number of H-pyrrole nitrogens is 1. The van der Waals surface area contributed by atoms with E-state index in [-0.39, 0.29) is 0 Å². The molecule has 1 aromatic heterocycles. The third-order valence-electron chi connectivity index (χ3n) is 3.93. The first-order valence-corrected chi connectivity index (χ1v) is 8.10. The Kier molecular flexibility index (Phi) is 3.38. The predicted octanol–water partition coefficient (Wildman–Crippen LogP) is 4.03. The number of thioether (sulfide) groups is 1. The minimum atomic E-state index is 0.465. The van der Waals surface area contributed by atoms with Crippen LogP contribution in [0.5, 0.6) is 0 Å². The zero-order valence-electron chi connectivity index (χ0n) is 10.7. The van der Waals surface area contributed by atoms with Crippen LogP contribution in [0.3, 0.4) is 0 Å². The van der Waals surface area contributed by atoms with Gasteiger partial charge in [-0.05, 0) is 49.9 Å². The highest BCUT2D eigenvalue weighted by atomic mass is 32.2. The molecule has 0 spiro atoms. The van der Waals surface area contributed by atoms with E-state index in [1.165, 1.54) is 19.3 Å². The molecule has 1 aliphatic carbocycles. The number of nitrogens with zero attached hydrogens (tertiary/aromatic N) is 2. The Morgan fingerprint density at radius 1 is 1.47 bits per heavy atom. The third-order valence-corrected chi connectivity index (χ3v) is 5.32. The average molecular weight is 289 g/mol. The van der Waals surface area contributed by atoms with Crippen molar-refractivity contribution in [2.45, 2.75) is 30.6 Å². The number of aromatic amines is 1. The van der Waals surface area contributed by atoms with Gasteiger partial charge in [-0.3, -0.25) is 0 Å². The van der Waals surface area contributed by atoms with E-state index in [0.717, 1.165) is 21.1 Å². The summed E-state index contributed by atoms with van der Waals surface area (Å²) in [5, 5.41) is 9.90. The second kappa shape index (κ2) is 5.03. The molecule has 1 saturated carbocycles. The summed E-state index contributed by atoms with van der Waals surface area (Å²) in [5.41, 5.74) is 2.61. The lowest BCUT2D eigenvalue weighted by Gasteiger charge is -2.13. The van der Waals surface area contributed by atoms with Crippen molar-refractivity contribution in [3.63, 3.8) is 0 Å². The molecule has 1 aromatic carbocycles. The Morgan fingerprint density at radius 2 is 2.32 bits per heavy atom. The van der Waals surface area contributed by atoms with E-state index < -0.39 is 0 Å². The van der Waals surface area contributed by atoms with Crippen LogP contribution in [0.4, 0.5) is 0 Å². The highest BCUT2D eigenvalue weighted by Gasteiger charge is 2.27. The SMILES string of the molecule is CSC1CCC(n2c(=S)[nH]c3c(C#N)cccc32)C1. The topological polar surface area (TPSA) is 44.5 Å². The van der Waals surface area contributed by atoms with Crippen LogP contribution in [0.25, 0.3) is 11.0 Å². The largest absolute Gasteiger partial charge is 0.329 e. The lowest BCUT2D eigenvalue weighted by Crippen LogP contribution is -2.06. The van der Waals surface area contributed by atoms with Crippen LogP contribution >= 0.6 is 24.0 Å². The van der Waals surface area contributed by atoms with Crippen molar-refractivity contribution < 1.29 is 0 Å². The van der Waals surface area contributed by atoms with Crippen LogP contribution in [0.2, 0.25) is 0 Å². The summed E-state index contributed by atoms with van der Waals surface area (Å²) in [7, 11) is 0. The minimum absolute atomic E-state index is 0.465. The molecule has 1 heterocycles. The Bertz CT molecular complexity index is 708. The average Bonchev–Trinajstić information content (AvgIpc) is 3.00. The smallest absolute Gasteiger partial charge is 0.178 e. The zero-order valence-corrected chi connectivity index (χ0v) is 12.4. The van der Waals surface area contributed by atoms with Crippen molar-refractivity contribution in [3.8, 4) is 6.07 Å². The van der Waals surface area contributed by atoms with Crippen LogP contribution in [-0.2, 0) is 0 Å². The molecule has 0 aliphatic heterocycles. The quantitative estimate of drug-likeness (QED) is 0.849. The molecule has 0 radical (unpaired) electrons. The van der Waals surface area contributed by atoms with Crippen LogP contribution in [0, 0.1) is 16.1 Å². The molecule has 5 heteroatoms. The number of nitriles is 1. The number of hydrogen-bond donors (Lipinski definition) is 1. The van der Waals surface area contributed by atoms with Crippen molar-refractivity contribution in [2.24, 2.45) is 0 Å². The van der Waals surface area contributed by atoms with Crippen molar-refractivity contribution in [3.05, 3.63) is 28.5 Å². The summed E-state index contributed by atoms with van der Waals surface area (Å²) < 4.78 is 2.95. The molecule has 2 aromatic rings. The van der Waals surface area contributed by atoms with Gasteiger partial charge in [0.15, 0.2) is 4.77 Å². The molecule has 2 atom stereocenters. The fraction of sp³-hybridized carbons (Fsp3) is 0.429. The van der Waals surface area contributed by atoms with E-state index in [9.17, 15) is 0 Å². The van der Waals surface area contributed by atoms with Gasteiger partial charge in [0.05, 0.1) is 16.6 Å². The Balaban J connectivity index is 2.13. The van der Waals surface area contributed by atoms with Gasteiger partial charge in [0.25, 0.3) is 0 Å². The number of benzene rings is 1. The van der Waals surface area contributed by atoms with Gasteiger partial charge in [0.1, 0.15) is 6.07 Å². The van der Waals surface area contributed by atoms with E-state index in [4.69, 9.17) is 17.5 Å². The highest BCUT2D eigenvalue weighted by Crippen LogP contribution is 2.38. The normalized spacial score (nSPS) is 22.7. The molecule has 3 nitrogen and oxygen atoms in total. The van der Waals surface area contributed by atoms with Crippen molar-refractivity contribution in [2.75, 3.05) is 6.26 Å². The molecular weight excluding hydrogens is 274 g/mol. The minimum Gasteiger partial charge on any atom is -0.329 e. The molecule has 0 amide bonds. The molecule has 0 bridgehead atoms. The molecule has 0 saturated heterocycles. The molecule has 19 heavy (non-hydrogen) atoms. The molecule has 1 aliphatic rings. The zero-order chi connectivity index (χ0) is 13.4. The Morgan fingerprint density at radius 3 is 3.00 bits per heavy atom. The first-order valence-electron chi connectivity index (χ1n) is 6.40. The second-order valence-electron chi connectivity index (χ2n) is 4.94. The van der Waals surface area contributed by atoms with E-state index in [1.54, 1.807) is 0 Å². The summed E-state index contributed by atoms with van der Waals surface area (Å²) in [6.07, 6.45) is 5.76. The van der Waals surface area contributed by atoms with Crippen LogP contribution < -0.4 is 0 Å². The van der Waals surface area contributed by atoms with Crippen molar-refractivity contribution in [1.82, 2.24) is 9.55 Å². The van der Waals surface area contributed by atoms with Crippen LogP contribution in [0.1, 0.15) is 30.9 Å². The second-order valence-corrected chi connectivity index (χ2v) is 6.46. The fourth-order valence-corrected chi connectivity index (χ4v) is 4.11. The fourth-order valence-electron chi connectivity index (χ4n) is 2.97. The summed E-state index contributed by atoms with van der Waals surface area (Å²) in [6, 6.07) is 8.50. The standard InChI is InChI=1S/C14H15N3S2/c1-19-11-6-5-10(7-11)17-12-4-2-3-9(8-15)13(12)16-14(17)18/h2-4,10-11H,5-7H2,1H3,(H,16,18). The summed E-state index contributed by atoms with van der Waals surface area (Å²) in [5.74, 6) is 0. The summed E-state index contributed by atoms with van der Waals surface area (Å²) in [4.78, 5) is 3.20. The maximum Gasteiger partial charge on any atom is 0.178 e. The lowest BCUT2D eigenvalue weighted by atomic mass is 10.2. The van der Waals surface area contributed by atoms with E-state index in [1.807, 2.05) is 23.9 Å².